The lowest BCUT2D eigenvalue weighted by atomic mass is 9.79. The van der Waals surface area contributed by atoms with Gasteiger partial charge in [0, 0.05) is 27.9 Å². The Morgan fingerprint density at radius 3 is 2.69 bits per heavy atom. The number of nitrogens with one attached hydrogen (secondary N) is 1. The number of nitrogens with zero attached hydrogens (tertiary/aromatic N) is 3. The predicted octanol–water partition coefficient (Wildman–Crippen LogP) is 3.38. The zero-order chi connectivity index (χ0) is 18.1. The van der Waals surface area contributed by atoms with E-state index in [9.17, 15) is 4.79 Å². The Morgan fingerprint density at radius 2 is 2.08 bits per heavy atom. The summed E-state index contributed by atoms with van der Waals surface area (Å²) in [6, 6.07) is 10.3. The van der Waals surface area contributed by atoms with Gasteiger partial charge in [0.15, 0.2) is 10.0 Å². The van der Waals surface area contributed by atoms with Crippen molar-refractivity contribution in [3.8, 4) is 6.07 Å². The van der Waals surface area contributed by atoms with Crippen LogP contribution in [0.15, 0.2) is 38.9 Å². The minimum atomic E-state index is 0.00756. The molecule has 3 aliphatic rings. The highest BCUT2D eigenvalue weighted by atomic mass is 32.2. The largest absolute Gasteiger partial charge is 0.347 e. The van der Waals surface area contributed by atoms with Gasteiger partial charge in [0.2, 0.25) is 0 Å². The number of carbonyl (C=O) groups is 1. The fourth-order valence-corrected chi connectivity index (χ4v) is 5.62. The van der Waals surface area contributed by atoms with Gasteiger partial charge in [-0.2, -0.15) is 5.26 Å². The lowest BCUT2D eigenvalue weighted by Crippen LogP contribution is -2.62. The lowest BCUT2D eigenvalue weighted by molar-refractivity contribution is 0.0217. The van der Waals surface area contributed by atoms with E-state index in [1.54, 1.807) is 5.38 Å². The van der Waals surface area contributed by atoms with Gasteiger partial charge in [-0.25, -0.2) is 4.98 Å². The van der Waals surface area contributed by atoms with Crippen molar-refractivity contribution in [2.24, 2.45) is 5.92 Å². The Bertz CT molecular complexity index is 832. The second-order valence-electron chi connectivity index (χ2n) is 6.85. The van der Waals surface area contributed by atoms with Crippen LogP contribution in [-0.4, -0.2) is 41.0 Å². The topological polar surface area (TPSA) is 69.0 Å². The molecule has 0 spiro atoms. The lowest BCUT2D eigenvalue weighted by Gasteiger charge is -2.49. The molecule has 0 saturated carbocycles. The van der Waals surface area contributed by atoms with E-state index in [1.165, 1.54) is 35.9 Å². The molecule has 4 heterocycles. The Balaban J connectivity index is 1.40. The molecule has 3 aliphatic heterocycles. The number of hydrogen-bond acceptors (Lipinski definition) is 6. The molecular formula is C19H20N4OS2. The summed E-state index contributed by atoms with van der Waals surface area (Å²) in [4.78, 5) is 20.4. The average molecular weight is 385 g/mol. The van der Waals surface area contributed by atoms with Crippen LogP contribution in [0.25, 0.3) is 0 Å². The van der Waals surface area contributed by atoms with Gasteiger partial charge < -0.3 is 5.32 Å². The first kappa shape index (κ1) is 17.5. The van der Waals surface area contributed by atoms with Crippen LogP contribution in [0.5, 0.6) is 0 Å². The molecule has 2 bridgehead atoms. The number of aromatic nitrogens is 1. The van der Waals surface area contributed by atoms with Gasteiger partial charge in [-0.05, 0) is 63.0 Å². The van der Waals surface area contributed by atoms with Gasteiger partial charge >= 0.3 is 0 Å². The minimum Gasteiger partial charge on any atom is -0.347 e. The van der Waals surface area contributed by atoms with Gasteiger partial charge in [-0.15, -0.1) is 11.3 Å². The van der Waals surface area contributed by atoms with E-state index < -0.39 is 0 Å². The number of hydrogen-bond donors (Lipinski definition) is 1. The molecular weight excluding hydrogens is 364 g/mol. The maximum absolute atomic E-state index is 12.7. The summed E-state index contributed by atoms with van der Waals surface area (Å²) >= 11 is 2.96. The molecule has 3 fully saturated rings. The number of carbonyl (C=O) groups excluding carboxylic acids is 1. The first-order valence-corrected chi connectivity index (χ1v) is 10.5. The van der Waals surface area contributed by atoms with Crippen molar-refractivity contribution >= 4 is 29.0 Å². The summed E-state index contributed by atoms with van der Waals surface area (Å²) < 4.78 is 0.833. The molecule has 1 aromatic carbocycles. The maximum atomic E-state index is 12.7. The van der Waals surface area contributed by atoms with Crippen molar-refractivity contribution in [3.63, 3.8) is 0 Å². The van der Waals surface area contributed by atoms with Gasteiger partial charge in [0.25, 0.3) is 5.91 Å². The molecule has 7 heteroatoms. The van der Waals surface area contributed by atoms with E-state index in [2.05, 4.69) is 22.1 Å². The molecule has 2 unspecified atom stereocenters. The van der Waals surface area contributed by atoms with E-state index >= 15 is 0 Å². The Hall–Kier alpha value is -1.88. The van der Waals surface area contributed by atoms with Crippen molar-refractivity contribution in [1.82, 2.24) is 15.2 Å². The van der Waals surface area contributed by atoms with Crippen LogP contribution in [0.4, 0.5) is 0 Å². The quantitative estimate of drug-likeness (QED) is 0.875. The Kier molecular flexibility index (Phi) is 4.98. The number of rotatable bonds is 4. The van der Waals surface area contributed by atoms with Gasteiger partial charge in [0.05, 0.1) is 0 Å². The van der Waals surface area contributed by atoms with Crippen molar-refractivity contribution in [1.29, 1.82) is 5.26 Å². The van der Waals surface area contributed by atoms with E-state index in [4.69, 9.17) is 5.26 Å². The molecule has 5 rings (SSSR count). The minimum absolute atomic E-state index is 0.00756. The molecule has 5 nitrogen and oxygen atoms in total. The number of benzene rings is 1. The SMILES string of the molecule is CC1C(NC(=O)c2ccc(Sc3nc(C#N)cs3)cc2)C2CCN1CC2. The molecule has 2 atom stereocenters. The predicted molar refractivity (Wildman–Crippen MR) is 102 cm³/mol. The summed E-state index contributed by atoms with van der Waals surface area (Å²) in [5.74, 6) is 0.612. The van der Waals surface area contributed by atoms with E-state index in [0.29, 0.717) is 23.2 Å². The van der Waals surface area contributed by atoms with Crippen molar-refractivity contribution < 1.29 is 4.79 Å². The number of fused-ring (bicyclic) bond motifs is 3. The number of piperidine rings is 3. The van der Waals surface area contributed by atoms with Crippen LogP contribution in [0.2, 0.25) is 0 Å². The number of nitriles is 1. The molecule has 134 valence electrons. The fourth-order valence-electron chi connectivity index (χ4n) is 3.91. The zero-order valence-corrected chi connectivity index (χ0v) is 16.1. The van der Waals surface area contributed by atoms with E-state index in [-0.39, 0.29) is 11.9 Å². The van der Waals surface area contributed by atoms with Crippen LogP contribution < -0.4 is 5.32 Å². The second kappa shape index (κ2) is 7.39. The fraction of sp³-hybridized carbons (Fsp3) is 0.421. The number of thiazole rings is 1. The summed E-state index contributed by atoms with van der Waals surface area (Å²) in [5.41, 5.74) is 1.13. The molecule has 3 saturated heterocycles. The van der Waals surface area contributed by atoms with Crippen molar-refractivity contribution in [2.75, 3.05) is 13.1 Å². The maximum Gasteiger partial charge on any atom is 0.251 e. The molecule has 0 aliphatic carbocycles. The third-order valence-electron chi connectivity index (χ3n) is 5.39. The highest BCUT2D eigenvalue weighted by molar-refractivity contribution is 8.01. The number of amides is 1. The highest BCUT2D eigenvalue weighted by Crippen LogP contribution is 2.33. The Labute approximate surface area is 161 Å². The average Bonchev–Trinajstić information content (AvgIpc) is 3.13. The third-order valence-corrected chi connectivity index (χ3v) is 7.34. The summed E-state index contributed by atoms with van der Waals surface area (Å²) in [7, 11) is 0. The standard InChI is InChI=1S/C19H20N4OS2/c1-12-17(13-6-8-23(12)9-7-13)22-18(24)14-2-4-16(5-3-14)26-19-21-15(10-20)11-25-19/h2-5,11-13,17H,6-9H2,1H3,(H,22,24). The summed E-state index contributed by atoms with van der Waals surface area (Å²) in [6.07, 6.45) is 2.37. The molecule has 26 heavy (non-hydrogen) atoms. The van der Waals surface area contributed by atoms with Crippen LogP contribution in [0.3, 0.4) is 0 Å². The molecule has 1 aromatic heterocycles. The first-order chi connectivity index (χ1) is 12.6. The van der Waals surface area contributed by atoms with Gasteiger partial charge in [-0.3, -0.25) is 9.69 Å². The van der Waals surface area contributed by atoms with Crippen LogP contribution in [0, 0.1) is 17.2 Å². The van der Waals surface area contributed by atoms with Gasteiger partial charge in [0.1, 0.15) is 6.07 Å². The van der Waals surface area contributed by atoms with E-state index in [0.717, 1.165) is 22.3 Å². The molecule has 1 amide bonds. The van der Waals surface area contributed by atoms with Crippen LogP contribution in [-0.2, 0) is 0 Å². The Morgan fingerprint density at radius 1 is 1.35 bits per heavy atom. The molecule has 0 radical (unpaired) electrons. The third kappa shape index (κ3) is 3.50. The molecule has 2 aromatic rings. The monoisotopic (exact) mass is 384 g/mol. The van der Waals surface area contributed by atoms with Crippen LogP contribution >= 0.6 is 23.1 Å². The molecule has 1 N–H and O–H groups in total. The van der Waals surface area contributed by atoms with Crippen molar-refractivity contribution in [2.45, 2.75) is 41.1 Å². The highest BCUT2D eigenvalue weighted by Gasteiger charge is 2.40. The van der Waals surface area contributed by atoms with Gasteiger partial charge in [-0.1, -0.05) is 11.8 Å². The summed E-state index contributed by atoms with van der Waals surface area (Å²) in [5, 5.41) is 13.9. The second-order valence-corrected chi connectivity index (χ2v) is 9.03. The summed E-state index contributed by atoms with van der Waals surface area (Å²) in [6.45, 7) is 4.54. The zero-order valence-electron chi connectivity index (χ0n) is 14.5. The van der Waals surface area contributed by atoms with E-state index in [1.807, 2.05) is 30.3 Å². The van der Waals surface area contributed by atoms with Crippen LogP contribution in [0.1, 0.15) is 35.8 Å². The van der Waals surface area contributed by atoms with Crippen molar-refractivity contribution in [3.05, 3.63) is 40.9 Å². The smallest absolute Gasteiger partial charge is 0.251 e. The normalized spacial score (nSPS) is 27.1. The first-order valence-electron chi connectivity index (χ1n) is 8.82.